The molecule has 0 spiro atoms. The van der Waals surface area contributed by atoms with Crippen LogP contribution < -0.4 is 19.7 Å². The van der Waals surface area contributed by atoms with Crippen LogP contribution in [0.25, 0.3) is 0 Å². The normalized spacial score (nSPS) is 14.4. The number of aromatic nitrogens is 2. The third-order valence-corrected chi connectivity index (χ3v) is 5.92. The van der Waals surface area contributed by atoms with Crippen molar-refractivity contribution in [2.75, 3.05) is 25.7 Å². The van der Waals surface area contributed by atoms with Gasteiger partial charge in [0.1, 0.15) is 0 Å². The van der Waals surface area contributed by atoms with E-state index in [2.05, 4.69) is 32.8 Å². The summed E-state index contributed by atoms with van der Waals surface area (Å²) < 4.78 is 13.1. The van der Waals surface area contributed by atoms with Crippen LogP contribution in [0, 0.1) is 6.92 Å². The highest BCUT2D eigenvalue weighted by atomic mass is 32.1. The maximum absolute atomic E-state index is 5.84. The van der Waals surface area contributed by atoms with E-state index in [0.29, 0.717) is 6.04 Å². The van der Waals surface area contributed by atoms with E-state index in [4.69, 9.17) is 21.7 Å². The molecule has 1 aromatic carbocycles. The lowest BCUT2D eigenvalue weighted by Gasteiger charge is -2.36. The molecule has 6 nitrogen and oxygen atoms in total. The van der Waals surface area contributed by atoms with Gasteiger partial charge >= 0.3 is 0 Å². The van der Waals surface area contributed by atoms with Gasteiger partial charge in [0.25, 0.3) is 0 Å². The molecular weight excluding hydrogens is 384 g/mol. The van der Waals surface area contributed by atoms with Crippen LogP contribution in [0.15, 0.2) is 30.7 Å². The van der Waals surface area contributed by atoms with Crippen LogP contribution in [0.5, 0.6) is 11.5 Å². The van der Waals surface area contributed by atoms with E-state index in [1.54, 1.807) is 14.2 Å². The number of aryl methyl sites for hydroxylation is 2. The first-order chi connectivity index (χ1) is 14.1. The summed E-state index contributed by atoms with van der Waals surface area (Å²) in [5, 5.41) is 4.26. The minimum atomic E-state index is 0.415. The number of ether oxygens (including phenoxy) is 2. The average Bonchev–Trinajstić information content (AvgIpc) is 3.16. The Bertz CT molecular complexity index is 802. The lowest BCUT2D eigenvalue weighted by Crippen LogP contribution is -2.47. The molecule has 3 rings (SSSR count). The van der Waals surface area contributed by atoms with Crippen molar-refractivity contribution < 1.29 is 9.47 Å². The van der Waals surface area contributed by atoms with Gasteiger partial charge in [-0.3, -0.25) is 0 Å². The maximum Gasteiger partial charge on any atom is 0.173 e. The monoisotopic (exact) mass is 416 g/mol. The molecule has 1 N–H and O–H groups in total. The second kappa shape index (κ2) is 10.5. The number of hydrogen-bond donors (Lipinski definition) is 1. The number of benzene rings is 1. The largest absolute Gasteiger partial charge is 0.493 e. The highest BCUT2D eigenvalue weighted by Gasteiger charge is 2.25. The molecule has 1 aromatic heterocycles. The van der Waals surface area contributed by atoms with Crippen molar-refractivity contribution in [3.8, 4) is 11.5 Å². The highest BCUT2D eigenvalue weighted by Crippen LogP contribution is 2.34. The Morgan fingerprint density at radius 2 is 1.97 bits per heavy atom. The smallest absolute Gasteiger partial charge is 0.173 e. The summed E-state index contributed by atoms with van der Waals surface area (Å²) in [6.07, 6.45) is 10.9. The third-order valence-electron chi connectivity index (χ3n) is 5.58. The summed E-state index contributed by atoms with van der Waals surface area (Å²) >= 11 is 5.84. The minimum Gasteiger partial charge on any atom is -0.493 e. The summed E-state index contributed by atoms with van der Waals surface area (Å²) in [5.74, 6) is 1.46. The average molecular weight is 417 g/mol. The summed E-state index contributed by atoms with van der Waals surface area (Å²) in [6.45, 7) is 3.83. The molecule has 0 unspecified atom stereocenters. The van der Waals surface area contributed by atoms with E-state index in [9.17, 15) is 0 Å². The number of thiocarbonyl (C=S) groups is 1. The predicted molar refractivity (Wildman–Crippen MR) is 121 cm³/mol. The van der Waals surface area contributed by atoms with E-state index < -0.39 is 0 Å². The van der Waals surface area contributed by atoms with Gasteiger partial charge in [0.05, 0.1) is 20.5 Å². The highest BCUT2D eigenvalue weighted by molar-refractivity contribution is 7.80. The van der Waals surface area contributed by atoms with E-state index in [0.717, 1.165) is 54.7 Å². The Kier molecular flexibility index (Phi) is 7.75. The van der Waals surface area contributed by atoms with Crippen molar-refractivity contribution in [3.05, 3.63) is 36.4 Å². The van der Waals surface area contributed by atoms with Gasteiger partial charge in [0.15, 0.2) is 16.6 Å². The van der Waals surface area contributed by atoms with E-state index >= 15 is 0 Å². The van der Waals surface area contributed by atoms with E-state index in [1.165, 1.54) is 25.0 Å². The molecule has 0 amide bonds. The third kappa shape index (κ3) is 5.41. The summed E-state index contributed by atoms with van der Waals surface area (Å²) in [5.41, 5.74) is 2.24. The zero-order valence-corrected chi connectivity index (χ0v) is 18.5. The Morgan fingerprint density at radius 3 is 2.62 bits per heavy atom. The Morgan fingerprint density at radius 1 is 1.21 bits per heavy atom. The van der Waals surface area contributed by atoms with Crippen molar-refractivity contribution in [1.82, 2.24) is 14.9 Å². The van der Waals surface area contributed by atoms with Crippen molar-refractivity contribution in [2.45, 2.75) is 58.0 Å². The van der Waals surface area contributed by atoms with Gasteiger partial charge in [0, 0.05) is 42.8 Å². The van der Waals surface area contributed by atoms with Crippen molar-refractivity contribution in [3.63, 3.8) is 0 Å². The van der Waals surface area contributed by atoms with Gasteiger partial charge in [0.2, 0.25) is 0 Å². The zero-order chi connectivity index (χ0) is 20.6. The fourth-order valence-corrected chi connectivity index (χ4v) is 4.32. The predicted octanol–water partition coefficient (Wildman–Crippen LogP) is 4.31. The number of anilines is 1. The van der Waals surface area contributed by atoms with Crippen molar-refractivity contribution in [1.29, 1.82) is 0 Å². The molecule has 0 radical (unpaired) electrons. The number of hydrogen-bond acceptors (Lipinski definition) is 4. The van der Waals surface area contributed by atoms with Gasteiger partial charge in [-0.1, -0.05) is 19.3 Å². The lowest BCUT2D eigenvalue weighted by atomic mass is 9.94. The van der Waals surface area contributed by atoms with Crippen LogP contribution in [0.4, 0.5) is 5.69 Å². The van der Waals surface area contributed by atoms with Gasteiger partial charge in [-0.2, -0.15) is 0 Å². The Hall–Kier alpha value is -2.28. The lowest BCUT2D eigenvalue weighted by molar-refractivity contribution is 0.355. The van der Waals surface area contributed by atoms with Gasteiger partial charge in [-0.15, -0.1) is 0 Å². The quantitative estimate of drug-likeness (QED) is 0.511. The van der Waals surface area contributed by atoms with Gasteiger partial charge in [-0.25, -0.2) is 4.98 Å². The SMILES string of the molecule is COc1ccc(N(C(=S)NCCCn2cncc2C)C2CCCCC2)cc1OC. The second-order valence-corrected chi connectivity index (χ2v) is 7.90. The van der Waals surface area contributed by atoms with Crippen LogP contribution in [0.1, 0.15) is 44.2 Å². The van der Waals surface area contributed by atoms with Crippen LogP contribution in [0.3, 0.4) is 0 Å². The molecule has 2 aromatic rings. The Labute approximate surface area is 179 Å². The van der Waals surface area contributed by atoms with E-state index in [1.807, 2.05) is 24.7 Å². The second-order valence-electron chi connectivity index (χ2n) is 7.52. The molecule has 1 aliphatic rings. The fraction of sp³-hybridized carbons (Fsp3) is 0.545. The summed E-state index contributed by atoms with van der Waals surface area (Å²) in [4.78, 5) is 6.46. The molecular formula is C22H32N4O2S. The number of nitrogens with zero attached hydrogens (tertiary/aromatic N) is 3. The summed E-state index contributed by atoms with van der Waals surface area (Å²) in [6, 6.07) is 6.46. The molecule has 0 bridgehead atoms. The zero-order valence-electron chi connectivity index (χ0n) is 17.7. The van der Waals surface area contributed by atoms with Crippen LogP contribution >= 0.6 is 12.2 Å². The van der Waals surface area contributed by atoms with Crippen LogP contribution in [-0.2, 0) is 6.54 Å². The van der Waals surface area contributed by atoms with Crippen LogP contribution in [-0.4, -0.2) is 41.5 Å². The van der Waals surface area contributed by atoms with Gasteiger partial charge < -0.3 is 24.3 Å². The first-order valence-electron chi connectivity index (χ1n) is 10.4. The Balaban J connectivity index is 1.69. The maximum atomic E-state index is 5.84. The molecule has 0 saturated heterocycles. The fourth-order valence-electron chi connectivity index (χ4n) is 3.96. The molecule has 1 aliphatic carbocycles. The molecule has 1 heterocycles. The standard InChI is InChI=1S/C22H32N4O2S/c1-17-15-23-16-25(17)13-7-12-24-22(29)26(18-8-5-4-6-9-18)19-10-11-20(27-2)21(14-19)28-3/h10-11,14-16,18H,4-9,12-13H2,1-3H3,(H,24,29). The number of methoxy groups -OCH3 is 2. The molecule has 1 saturated carbocycles. The summed E-state index contributed by atoms with van der Waals surface area (Å²) in [7, 11) is 3.33. The molecule has 158 valence electrons. The number of imidazole rings is 1. The first kappa shape index (κ1) is 21.4. The number of nitrogens with one attached hydrogen (secondary N) is 1. The molecule has 0 aliphatic heterocycles. The molecule has 29 heavy (non-hydrogen) atoms. The van der Waals surface area contributed by atoms with Crippen molar-refractivity contribution in [2.24, 2.45) is 0 Å². The molecule has 0 atom stereocenters. The first-order valence-corrected chi connectivity index (χ1v) is 10.8. The van der Waals surface area contributed by atoms with E-state index in [-0.39, 0.29) is 0 Å². The molecule has 1 fully saturated rings. The minimum absolute atomic E-state index is 0.415. The molecule has 7 heteroatoms. The topological polar surface area (TPSA) is 51.5 Å². The number of rotatable bonds is 8. The van der Waals surface area contributed by atoms with Crippen LogP contribution in [0.2, 0.25) is 0 Å². The van der Waals surface area contributed by atoms with Gasteiger partial charge in [-0.05, 0) is 50.5 Å². The van der Waals surface area contributed by atoms with Crippen molar-refractivity contribution >= 4 is 23.0 Å².